The van der Waals surface area contributed by atoms with Gasteiger partial charge in [-0.1, -0.05) is 13.3 Å². The molecular formula is C14H28N2O. The molecule has 3 heteroatoms. The van der Waals surface area contributed by atoms with E-state index in [1.54, 1.807) is 7.11 Å². The zero-order chi connectivity index (χ0) is 12.4. The van der Waals surface area contributed by atoms with Gasteiger partial charge in [0, 0.05) is 32.8 Å². The van der Waals surface area contributed by atoms with Crippen molar-refractivity contribution in [3.05, 3.63) is 0 Å². The van der Waals surface area contributed by atoms with Crippen molar-refractivity contribution in [3.8, 4) is 0 Å². The molecule has 2 fully saturated rings. The molecule has 3 N–H and O–H groups in total. The van der Waals surface area contributed by atoms with Gasteiger partial charge in [0.15, 0.2) is 0 Å². The Morgan fingerprint density at radius 2 is 2.06 bits per heavy atom. The minimum atomic E-state index is 0.331. The molecule has 0 aromatic carbocycles. The molecule has 2 aliphatic carbocycles. The molecule has 0 spiro atoms. The first-order chi connectivity index (χ1) is 8.10. The highest BCUT2D eigenvalue weighted by Crippen LogP contribution is 2.48. The van der Waals surface area contributed by atoms with E-state index >= 15 is 0 Å². The van der Waals surface area contributed by atoms with Crippen molar-refractivity contribution < 1.29 is 4.74 Å². The van der Waals surface area contributed by atoms with Gasteiger partial charge in [0.05, 0.1) is 0 Å². The van der Waals surface area contributed by atoms with E-state index in [4.69, 9.17) is 10.5 Å². The second-order valence-corrected chi connectivity index (χ2v) is 6.50. The average Bonchev–Trinajstić information content (AvgIpc) is 2.99. The van der Waals surface area contributed by atoms with Gasteiger partial charge in [-0.15, -0.1) is 0 Å². The van der Waals surface area contributed by atoms with E-state index in [9.17, 15) is 0 Å². The van der Waals surface area contributed by atoms with Crippen LogP contribution in [0.2, 0.25) is 0 Å². The molecule has 0 bridgehead atoms. The Labute approximate surface area is 105 Å². The quantitative estimate of drug-likeness (QED) is 0.714. The van der Waals surface area contributed by atoms with Crippen LogP contribution < -0.4 is 11.1 Å². The van der Waals surface area contributed by atoms with Crippen molar-refractivity contribution in [1.82, 2.24) is 5.32 Å². The van der Waals surface area contributed by atoms with Gasteiger partial charge in [0.1, 0.15) is 0 Å². The Hall–Kier alpha value is -0.120. The largest absolute Gasteiger partial charge is 0.385 e. The zero-order valence-electron chi connectivity index (χ0n) is 11.4. The Morgan fingerprint density at radius 3 is 2.59 bits per heavy atom. The molecule has 0 amide bonds. The van der Waals surface area contributed by atoms with Crippen LogP contribution in [0.15, 0.2) is 0 Å². The topological polar surface area (TPSA) is 47.3 Å². The van der Waals surface area contributed by atoms with Gasteiger partial charge < -0.3 is 15.8 Å². The van der Waals surface area contributed by atoms with Crippen LogP contribution in [-0.4, -0.2) is 32.8 Å². The predicted molar refractivity (Wildman–Crippen MR) is 71.0 cm³/mol. The summed E-state index contributed by atoms with van der Waals surface area (Å²) in [4.78, 5) is 0. The number of nitrogens with two attached hydrogens (primary N) is 1. The van der Waals surface area contributed by atoms with Gasteiger partial charge in [-0.2, -0.15) is 0 Å². The van der Waals surface area contributed by atoms with Crippen LogP contribution in [0.1, 0.15) is 45.4 Å². The lowest BCUT2D eigenvalue weighted by atomic mass is 9.85. The van der Waals surface area contributed by atoms with E-state index in [1.807, 2.05) is 0 Å². The first-order valence-corrected chi connectivity index (χ1v) is 7.06. The summed E-state index contributed by atoms with van der Waals surface area (Å²) >= 11 is 0. The lowest BCUT2D eigenvalue weighted by molar-refractivity contribution is 0.169. The molecule has 2 rings (SSSR count). The SMILES string of the molecule is COCCC1(CNCC2(C)CCCC2N)CC1. The number of nitrogens with one attached hydrogen (secondary N) is 1. The first-order valence-electron chi connectivity index (χ1n) is 7.06. The fraction of sp³-hybridized carbons (Fsp3) is 1.00. The van der Waals surface area contributed by atoms with E-state index < -0.39 is 0 Å². The van der Waals surface area contributed by atoms with Crippen LogP contribution in [0.4, 0.5) is 0 Å². The van der Waals surface area contributed by atoms with Gasteiger partial charge in [-0.3, -0.25) is 0 Å². The van der Waals surface area contributed by atoms with E-state index in [2.05, 4.69) is 12.2 Å². The molecule has 0 aromatic heterocycles. The van der Waals surface area contributed by atoms with Gasteiger partial charge in [0.25, 0.3) is 0 Å². The van der Waals surface area contributed by atoms with E-state index in [0.29, 0.717) is 16.9 Å². The van der Waals surface area contributed by atoms with Gasteiger partial charge in [-0.05, 0) is 42.9 Å². The molecule has 2 unspecified atom stereocenters. The van der Waals surface area contributed by atoms with Gasteiger partial charge in [-0.25, -0.2) is 0 Å². The number of hydrogen-bond acceptors (Lipinski definition) is 3. The lowest BCUT2D eigenvalue weighted by Gasteiger charge is -2.30. The number of hydrogen-bond donors (Lipinski definition) is 2. The highest BCUT2D eigenvalue weighted by atomic mass is 16.5. The number of ether oxygens (including phenoxy) is 1. The molecule has 0 aromatic rings. The van der Waals surface area contributed by atoms with Crippen LogP contribution in [0.3, 0.4) is 0 Å². The van der Waals surface area contributed by atoms with Crippen molar-refractivity contribution in [2.24, 2.45) is 16.6 Å². The van der Waals surface area contributed by atoms with Crippen LogP contribution in [0, 0.1) is 10.8 Å². The summed E-state index contributed by atoms with van der Waals surface area (Å²) in [6.45, 7) is 5.48. The van der Waals surface area contributed by atoms with E-state index in [1.165, 1.54) is 38.5 Å². The molecular weight excluding hydrogens is 212 g/mol. The van der Waals surface area contributed by atoms with Crippen molar-refractivity contribution in [2.45, 2.75) is 51.5 Å². The van der Waals surface area contributed by atoms with Gasteiger partial charge in [0.2, 0.25) is 0 Å². The molecule has 0 aliphatic heterocycles. The molecule has 2 aliphatic rings. The van der Waals surface area contributed by atoms with Crippen LogP contribution in [-0.2, 0) is 4.74 Å². The Morgan fingerprint density at radius 1 is 1.29 bits per heavy atom. The van der Waals surface area contributed by atoms with Crippen molar-refractivity contribution in [2.75, 3.05) is 26.8 Å². The van der Waals surface area contributed by atoms with Crippen molar-refractivity contribution in [1.29, 1.82) is 0 Å². The summed E-state index contributed by atoms with van der Waals surface area (Å²) in [6.07, 6.45) is 7.73. The molecule has 3 nitrogen and oxygen atoms in total. The maximum Gasteiger partial charge on any atom is 0.0468 e. The second-order valence-electron chi connectivity index (χ2n) is 6.50. The second kappa shape index (κ2) is 5.25. The smallest absolute Gasteiger partial charge is 0.0468 e. The lowest BCUT2D eigenvalue weighted by Crippen LogP contribution is -2.43. The molecule has 0 saturated heterocycles. The Kier molecular flexibility index (Phi) is 4.11. The maximum absolute atomic E-state index is 6.20. The standard InChI is InChI=1S/C14H28N2O/c1-13(5-3-4-12(13)15)10-16-11-14(6-7-14)8-9-17-2/h12,16H,3-11,15H2,1-2H3. The Bertz CT molecular complexity index is 253. The van der Waals surface area contributed by atoms with E-state index in [0.717, 1.165) is 19.7 Å². The summed E-state index contributed by atoms with van der Waals surface area (Å²) in [6, 6.07) is 0.393. The van der Waals surface area contributed by atoms with E-state index in [-0.39, 0.29) is 0 Å². The maximum atomic E-state index is 6.20. The average molecular weight is 240 g/mol. The first kappa shape index (κ1) is 13.3. The minimum absolute atomic E-state index is 0.331. The summed E-state index contributed by atoms with van der Waals surface area (Å²) < 4.78 is 5.19. The molecule has 0 radical (unpaired) electrons. The summed E-state index contributed by atoms with van der Waals surface area (Å²) in [5, 5.41) is 3.67. The van der Waals surface area contributed by atoms with Crippen LogP contribution >= 0.6 is 0 Å². The molecule has 0 heterocycles. The Balaban J connectivity index is 1.69. The monoisotopic (exact) mass is 240 g/mol. The summed E-state index contributed by atoms with van der Waals surface area (Å²) in [5.74, 6) is 0. The molecule has 2 saturated carbocycles. The number of rotatable bonds is 7. The summed E-state index contributed by atoms with van der Waals surface area (Å²) in [5.41, 5.74) is 7.08. The highest BCUT2D eigenvalue weighted by Gasteiger charge is 2.42. The fourth-order valence-electron chi connectivity index (χ4n) is 3.10. The van der Waals surface area contributed by atoms with Crippen molar-refractivity contribution in [3.63, 3.8) is 0 Å². The minimum Gasteiger partial charge on any atom is -0.385 e. The molecule has 2 atom stereocenters. The fourth-order valence-corrected chi connectivity index (χ4v) is 3.10. The summed E-state index contributed by atoms with van der Waals surface area (Å²) in [7, 11) is 1.79. The third-order valence-corrected chi connectivity index (χ3v) is 4.98. The number of methoxy groups -OCH3 is 1. The third-order valence-electron chi connectivity index (χ3n) is 4.98. The predicted octanol–water partition coefficient (Wildman–Crippen LogP) is 1.91. The molecule has 100 valence electrons. The third kappa shape index (κ3) is 3.21. The highest BCUT2D eigenvalue weighted by molar-refractivity contribution is 4.97. The van der Waals surface area contributed by atoms with Crippen LogP contribution in [0.25, 0.3) is 0 Å². The normalized spacial score (nSPS) is 35.1. The van der Waals surface area contributed by atoms with Crippen LogP contribution in [0.5, 0.6) is 0 Å². The molecule has 17 heavy (non-hydrogen) atoms. The van der Waals surface area contributed by atoms with Gasteiger partial charge >= 0.3 is 0 Å². The zero-order valence-corrected chi connectivity index (χ0v) is 11.4. The van der Waals surface area contributed by atoms with Crippen molar-refractivity contribution >= 4 is 0 Å².